The molecule has 3 aromatic rings. The van der Waals surface area contributed by atoms with Crippen molar-refractivity contribution in [1.29, 1.82) is 0 Å². The highest BCUT2D eigenvalue weighted by molar-refractivity contribution is 5.88. The number of likely N-dealkylation sites (N-methyl/N-ethyl adjacent to an activating group) is 1. The van der Waals surface area contributed by atoms with E-state index in [1.807, 2.05) is 0 Å². The van der Waals surface area contributed by atoms with Crippen LogP contribution in [0, 0.1) is 11.6 Å². The number of aliphatic hydroxyl groups is 1. The van der Waals surface area contributed by atoms with Crippen molar-refractivity contribution >= 4 is 16.7 Å². The molecule has 0 unspecified atom stereocenters. The number of amides is 1. The Morgan fingerprint density at radius 3 is 2.55 bits per heavy atom. The van der Waals surface area contributed by atoms with Crippen molar-refractivity contribution in [3.05, 3.63) is 81.3 Å². The zero-order chi connectivity index (χ0) is 20.7. The number of carbonyl (C=O) groups is 1. The van der Waals surface area contributed by atoms with E-state index in [1.54, 1.807) is 30.3 Å². The molecule has 1 aliphatic heterocycles. The molecule has 6 nitrogen and oxygen atoms in total. The van der Waals surface area contributed by atoms with Gasteiger partial charge in [-0.3, -0.25) is 9.59 Å². The van der Waals surface area contributed by atoms with Crippen LogP contribution in [-0.4, -0.2) is 34.6 Å². The fraction of sp³-hybridized carbons (Fsp3) is 0.238. The van der Waals surface area contributed by atoms with Gasteiger partial charge in [-0.05, 0) is 23.1 Å². The summed E-state index contributed by atoms with van der Waals surface area (Å²) >= 11 is 0. The van der Waals surface area contributed by atoms with Crippen molar-refractivity contribution in [2.45, 2.75) is 18.8 Å². The number of aliphatic hydroxyl groups excluding tert-OH is 1. The quantitative estimate of drug-likeness (QED) is 0.708. The molecule has 150 valence electrons. The zero-order valence-corrected chi connectivity index (χ0v) is 15.5. The number of pyridine rings is 1. The summed E-state index contributed by atoms with van der Waals surface area (Å²) in [5, 5.41) is 10.7. The van der Waals surface area contributed by atoms with E-state index in [-0.39, 0.29) is 24.0 Å². The van der Waals surface area contributed by atoms with Crippen LogP contribution in [0.15, 0.2) is 47.3 Å². The van der Waals surface area contributed by atoms with E-state index in [4.69, 9.17) is 4.74 Å². The Kier molecular flexibility index (Phi) is 4.89. The van der Waals surface area contributed by atoms with Crippen LogP contribution >= 0.6 is 0 Å². The second kappa shape index (κ2) is 7.38. The van der Waals surface area contributed by atoms with E-state index in [0.717, 1.165) is 12.1 Å². The highest BCUT2D eigenvalue weighted by atomic mass is 19.2. The Balaban J connectivity index is 1.80. The summed E-state index contributed by atoms with van der Waals surface area (Å²) in [5.74, 6) is -2.80. The first-order valence-corrected chi connectivity index (χ1v) is 8.99. The lowest BCUT2D eigenvalue weighted by Crippen LogP contribution is -2.40. The Morgan fingerprint density at radius 1 is 1.21 bits per heavy atom. The van der Waals surface area contributed by atoms with Crippen LogP contribution in [0.25, 0.3) is 10.8 Å². The fourth-order valence-electron chi connectivity index (χ4n) is 3.67. The summed E-state index contributed by atoms with van der Waals surface area (Å²) in [6.07, 6.45) is -1.39. The Bertz CT molecular complexity index is 1150. The van der Waals surface area contributed by atoms with E-state index in [0.29, 0.717) is 16.8 Å². The summed E-state index contributed by atoms with van der Waals surface area (Å²) in [6.45, 7) is 0.149. The third-order valence-corrected chi connectivity index (χ3v) is 5.20. The van der Waals surface area contributed by atoms with Gasteiger partial charge in [0.05, 0.1) is 24.6 Å². The number of benzene rings is 2. The number of rotatable bonds is 3. The number of ether oxygens (including phenoxy) is 1. The molecule has 1 aliphatic rings. The normalized spacial score (nSPS) is 17.0. The van der Waals surface area contributed by atoms with Crippen LogP contribution in [-0.2, 0) is 16.1 Å². The van der Waals surface area contributed by atoms with Gasteiger partial charge < -0.3 is 19.7 Å². The number of fused-ring (bicyclic) bond motifs is 3. The van der Waals surface area contributed by atoms with E-state index in [2.05, 4.69) is 4.98 Å². The smallest absolute Gasteiger partial charge is 0.256 e. The standard InChI is InChI=1S/C21H18F2N2O4/c1-25(21(28)19(26)11-5-3-2-4-6-11)17-10-29-9-16-18(17)12-7-14(22)15(23)8-13(12)20(27)24-16/h2-8,17,19,26H,9-10H2,1H3,(H,24,27)/t17-,19-/m1/s1. The second-order valence-electron chi connectivity index (χ2n) is 6.95. The van der Waals surface area contributed by atoms with Gasteiger partial charge in [-0.25, -0.2) is 8.78 Å². The lowest BCUT2D eigenvalue weighted by Gasteiger charge is -2.34. The Morgan fingerprint density at radius 2 is 1.86 bits per heavy atom. The Labute approximate surface area is 164 Å². The molecule has 0 radical (unpaired) electrons. The van der Waals surface area contributed by atoms with E-state index < -0.39 is 35.2 Å². The predicted octanol–water partition coefficient (Wildman–Crippen LogP) is 2.57. The number of hydrogen-bond acceptors (Lipinski definition) is 4. The third-order valence-electron chi connectivity index (χ3n) is 5.20. The van der Waals surface area contributed by atoms with Crippen LogP contribution in [0.5, 0.6) is 0 Å². The fourth-order valence-corrected chi connectivity index (χ4v) is 3.67. The zero-order valence-electron chi connectivity index (χ0n) is 15.5. The van der Waals surface area contributed by atoms with Gasteiger partial charge >= 0.3 is 0 Å². The molecular formula is C21H18F2N2O4. The molecule has 2 N–H and O–H groups in total. The molecule has 8 heteroatoms. The van der Waals surface area contributed by atoms with Crippen LogP contribution in [0.4, 0.5) is 8.78 Å². The number of aromatic nitrogens is 1. The number of halogens is 2. The van der Waals surface area contributed by atoms with Gasteiger partial charge in [-0.1, -0.05) is 30.3 Å². The number of aromatic amines is 1. The molecule has 2 aromatic carbocycles. The summed E-state index contributed by atoms with van der Waals surface area (Å²) in [7, 11) is 1.49. The van der Waals surface area contributed by atoms with E-state index in [1.165, 1.54) is 11.9 Å². The van der Waals surface area contributed by atoms with Gasteiger partial charge in [0, 0.05) is 18.3 Å². The summed E-state index contributed by atoms with van der Waals surface area (Å²) in [6, 6.07) is 9.56. The van der Waals surface area contributed by atoms with Crippen LogP contribution in [0.1, 0.15) is 29.0 Å². The molecule has 2 atom stereocenters. The van der Waals surface area contributed by atoms with Gasteiger partial charge in [0.25, 0.3) is 11.5 Å². The largest absolute Gasteiger partial charge is 0.378 e. The maximum Gasteiger partial charge on any atom is 0.256 e. The minimum atomic E-state index is -1.39. The topological polar surface area (TPSA) is 82.6 Å². The third kappa shape index (κ3) is 3.30. The molecule has 4 rings (SSSR count). The number of H-pyrrole nitrogens is 1. The maximum atomic E-state index is 13.9. The molecule has 1 amide bonds. The summed E-state index contributed by atoms with van der Waals surface area (Å²) in [4.78, 5) is 29.1. The lowest BCUT2D eigenvalue weighted by molar-refractivity contribution is -0.143. The number of hydrogen-bond donors (Lipinski definition) is 2. The molecular weight excluding hydrogens is 382 g/mol. The second-order valence-corrected chi connectivity index (χ2v) is 6.95. The highest BCUT2D eigenvalue weighted by Crippen LogP contribution is 2.34. The van der Waals surface area contributed by atoms with Crippen LogP contribution in [0.2, 0.25) is 0 Å². The SMILES string of the molecule is CN(C(=O)[C@H](O)c1ccccc1)[C@@H]1COCc2[nH]c(=O)c3cc(F)c(F)cc3c21. The molecule has 0 bridgehead atoms. The van der Waals surface area contributed by atoms with Crippen LogP contribution < -0.4 is 5.56 Å². The molecule has 0 fully saturated rings. The van der Waals surface area contributed by atoms with Crippen molar-refractivity contribution < 1.29 is 23.4 Å². The van der Waals surface area contributed by atoms with Crippen molar-refractivity contribution in [2.24, 2.45) is 0 Å². The van der Waals surface area contributed by atoms with Gasteiger partial charge in [0.15, 0.2) is 17.7 Å². The van der Waals surface area contributed by atoms with Gasteiger partial charge in [-0.2, -0.15) is 0 Å². The first kappa shape index (κ1) is 19.2. The molecule has 0 saturated carbocycles. The van der Waals surface area contributed by atoms with Crippen molar-refractivity contribution in [1.82, 2.24) is 9.88 Å². The molecule has 0 saturated heterocycles. The van der Waals surface area contributed by atoms with Crippen molar-refractivity contribution in [2.75, 3.05) is 13.7 Å². The number of nitrogens with zero attached hydrogens (tertiary/aromatic N) is 1. The average molecular weight is 400 g/mol. The van der Waals surface area contributed by atoms with Gasteiger partial charge in [0.2, 0.25) is 0 Å². The van der Waals surface area contributed by atoms with E-state index >= 15 is 0 Å². The minimum Gasteiger partial charge on any atom is -0.378 e. The van der Waals surface area contributed by atoms with Crippen molar-refractivity contribution in [3.63, 3.8) is 0 Å². The van der Waals surface area contributed by atoms with Gasteiger partial charge in [-0.15, -0.1) is 0 Å². The highest BCUT2D eigenvalue weighted by Gasteiger charge is 2.33. The molecule has 0 spiro atoms. The number of carbonyl (C=O) groups excluding carboxylic acids is 1. The molecule has 29 heavy (non-hydrogen) atoms. The monoisotopic (exact) mass is 400 g/mol. The molecule has 1 aromatic heterocycles. The van der Waals surface area contributed by atoms with Crippen LogP contribution in [0.3, 0.4) is 0 Å². The Hall–Kier alpha value is -3.10. The predicted molar refractivity (Wildman–Crippen MR) is 101 cm³/mol. The number of nitrogens with one attached hydrogen (secondary N) is 1. The first-order valence-electron chi connectivity index (χ1n) is 8.99. The van der Waals surface area contributed by atoms with Crippen molar-refractivity contribution in [3.8, 4) is 0 Å². The molecule has 2 heterocycles. The maximum absolute atomic E-state index is 13.9. The summed E-state index contributed by atoms with van der Waals surface area (Å²) in [5.41, 5.74) is 0.723. The first-order chi connectivity index (χ1) is 13.9. The summed E-state index contributed by atoms with van der Waals surface area (Å²) < 4.78 is 33.1. The lowest BCUT2D eigenvalue weighted by atomic mass is 9.95. The average Bonchev–Trinajstić information content (AvgIpc) is 2.73. The van der Waals surface area contributed by atoms with Gasteiger partial charge in [0.1, 0.15) is 0 Å². The minimum absolute atomic E-state index is 0.0148. The molecule has 0 aliphatic carbocycles. The van der Waals surface area contributed by atoms with E-state index in [9.17, 15) is 23.5 Å².